The molecule has 0 radical (unpaired) electrons. The summed E-state index contributed by atoms with van der Waals surface area (Å²) in [4.78, 5) is 17.6. The number of nitrogens with zero attached hydrogens (tertiary/aromatic N) is 3. The number of piperazine rings is 1. The lowest BCUT2D eigenvalue weighted by Gasteiger charge is -2.36. The third kappa shape index (κ3) is 6.61. The van der Waals surface area contributed by atoms with Gasteiger partial charge in [-0.15, -0.1) is 0 Å². The van der Waals surface area contributed by atoms with Crippen LogP contribution in [0.4, 0.5) is 11.4 Å². The highest BCUT2D eigenvalue weighted by atomic mass is 35.5. The van der Waals surface area contributed by atoms with Gasteiger partial charge in [0.1, 0.15) is 12.0 Å². The number of carbonyl (C=O) groups is 1. The van der Waals surface area contributed by atoms with Gasteiger partial charge in [-0.25, -0.2) is 0 Å². The molecule has 4 rings (SSSR count). The zero-order valence-corrected chi connectivity index (χ0v) is 21.3. The predicted molar refractivity (Wildman–Crippen MR) is 140 cm³/mol. The highest BCUT2D eigenvalue weighted by molar-refractivity contribution is 6.43. The number of rotatable bonds is 9. The Kier molecular flexibility index (Phi) is 8.78. The van der Waals surface area contributed by atoms with Gasteiger partial charge in [0.25, 0.3) is 0 Å². The second-order valence-corrected chi connectivity index (χ2v) is 9.47. The average Bonchev–Trinajstić information content (AvgIpc) is 2.85. The van der Waals surface area contributed by atoms with Crippen LogP contribution >= 0.6 is 23.2 Å². The molecule has 9 heteroatoms. The van der Waals surface area contributed by atoms with Gasteiger partial charge in [0.2, 0.25) is 0 Å². The topological polar surface area (TPSA) is 65.5 Å². The molecule has 2 aromatic carbocycles. The lowest BCUT2D eigenvalue weighted by atomic mass is 10.1. The first-order valence-electron chi connectivity index (χ1n) is 11.9. The second-order valence-electron chi connectivity index (χ2n) is 8.69. The van der Waals surface area contributed by atoms with Crippen LogP contribution in [0.1, 0.15) is 25.3 Å². The van der Waals surface area contributed by atoms with Crippen molar-refractivity contribution in [3.8, 4) is 5.75 Å². The van der Waals surface area contributed by atoms with Crippen LogP contribution in [0.5, 0.6) is 5.75 Å². The third-order valence-corrected chi connectivity index (χ3v) is 7.08. The van der Waals surface area contributed by atoms with Gasteiger partial charge in [0, 0.05) is 39.2 Å². The summed E-state index contributed by atoms with van der Waals surface area (Å²) in [6.07, 6.45) is 4.65. The highest BCUT2D eigenvalue weighted by Crippen LogP contribution is 2.33. The fraction of sp³-hybridized carbons (Fsp3) is 0.423. The van der Waals surface area contributed by atoms with Crippen molar-refractivity contribution < 1.29 is 19.4 Å². The minimum Gasteiger partial charge on any atom is -0.494 e. The molecule has 188 valence electrons. The molecule has 2 heterocycles. The molecule has 0 aromatic heterocycles. The van der Waals surface area contributed by atoms with Crippen LogP contribution < -0.4 is 14.5 Å². The van der Waals surface area contributed by atoms with Crippen molar-refractivity contribution in [1.29, 1.82) is 0 Å². The van der Waals surface area contributed by atoms with E-state index in [4.69, 9.17) is 32.7 Å². The molecule has 2 aliphatic heterocycles. The largest absolute Gasteiger partial charge is 0.494 e. The molecule has 2 aliphatic rings. The van der Waals surface area contributed by atoms with E-state index < -0.39 is 12.2 Å². The van der Waals surface area contributed by atoms with Crippen LogP contribution in [0.25, 0.3) is 6.08 Å². The quantitative estimate of drug-likeness (QED) is 0.382. The van der Waals surface area contributed by atoms with Gasteiger partial charge in [0.15, 0.2) is 6.73 Å². The van der Waals surface area contributed by atoms with E-state index in [2.05, 4.69) is 9.80 Å². The monoisotopic (exact) mass is 519 g/mol. The number of hydrogen-bond donors (Lipinski definition) is 1. The molecule has 1 N–H and O–H groups in total. The number of halogens is 2. The summed E-state index contributed by atoms with van der Waals surface area (Å²) in [5, 5.41) is 11.5. The molecule has 0 bridgehead atoms. The van der Waals surface area contributed by atoms with E-state index in [9.17, 15) is 9.90 Å². The molecule has 1 atom stereocenters. The van der Waals surface area contributed by atoms with E-state index in [0.29, 0.717) is 16.7 Å². The van der Waals surface area contributed by atoms with Gasteiger partial charge in [0.05, 0.1) is 28.0 Å². The molecule has 0 spiro atoms. The third-order valence-electron chi connectivity index (χ3n) is 6.27. The maximum absolute atomic E-state index is 11.2. The van der Waals surface area contributed by atoms with Crippen molar-refractivity contribution >= 4 is 46.6 Å². The van der Waals surface area contributed by atoms with Gasteiger partial charge >= 0.3 is 5.97 Å². The van der Waals surface area contributed by atoms with Gasteiger partial charge in [-0.3, -0.25) is 9.69 Å². The molecule has 1 unspecified atom stereocenters. The number of aliphatic hydroxyl groups is 1. The van der Waals surface area contributed by atoms with Gasteiger partial charge < -0.3 is 24.4 Å². The predicted octanol–water partition coefficient (Wildman–Crippen LogP) is 4.65. The fourth-order valence-corrected chi connectivity index (χ4v) is 4.74. The van der Waals surface area contributed by atoms with Crippen molar-refractivity contribution in [2.75, 3.05) is 55.9 Å². The molecule has 0 aliphatic carbocycles. The Morgan fingerprint density at radius 3 is 2.66 bits per heavy atom. The minimum absolute atomic E-state index is 0.0198. The normalized spacial score (nSPS) is 17.9. The molecular weight excluding hydrogens is 489 g/mol. The maximum Gasteiger partial charge on any atom is 0.304 e. The Labute approximate surface area is 216 Å². The summed E-state index contributed by atoms with van der Waals surface area (Å²) in [6, 6.07) is 11.5. The van der Waals surface area contributed by atoms with Crippen LogP contribution in [-0.4, -0.2) is 68.3 Å². The first kappa shape index (κ1) is 25.6. The average molecular weight is 520 g/mol. The first-order chi connectivity index (χ1) is 16.9. The highest BCUT2D eigenvalue weighted by Gasteiger charge is 2.22. The number of unbranched alkanes of at least 4 members (excludes halogenated alkanes) is 1. The molecular formula is C26H31Cl2N3O4. The van der Waals surface area contributed by atoms with Crippen molar-refractivity contribution in [1.82, 2.24) is 4.90 Å². The second kappa shape index (κ2) is 12.0. The zero-order chi connectivity index (χ0) is 24.8. The molecule has 0 saturated carbocycles. The summed E-state index contributed by atoms with van der Waals surface area (Å²) in [5.41, 5.74) is 2.72. The Balaban J connectivity index is 1.20. The molecule has 1 fully saturated rings. The number of esters is 1. The summed E-state index contributed by atoms with van der Waals surface area (Å²) in [6.45, 7) is 6.79. The number of aliphatic hydroxyl groups excluding tert-OH is 1. The van der Waals surface area contributed by atoms with Crippen LogP contribution in [0.15, 0.2) is 42.5 Å². The standard InChI is InChI=1S/C26H31Cl2N3O4/c1-19(32)35-18-31-24-17-21(9-7-20(24)8-10-25(31)33)34-16-3-2-11-29-12-14-30(15-13-29)23-6-4-5-22(27)26(23)28/h4-10,17,25,33H,2-3,11-16,18H2,1H3. The zero-order valence-electron chi connectivity index (χ0n) is 19.8. The number of fused-ring (bicyclic) bond motifs is 1. The van der Waals surface area contributed by atoms with Crippen molar-refractivity contribution in [3.05, 3.63) is 58.1 Å². The lowest BCUT2D eigenvalue weighted by molar-refractivity contribution is -0.141. The van der Waals surface area contributed by atoms with Crippen molar-refractivity contribution in [2.45, 2.75) is 26.0 Å². The van der Waals surface area contributed by atoms with E-state index in [-0.39, 0.29) is 6.73 Å². The van der Waals surface area contributed by atoms with E-state index in [1.54, 1.807) is 11.0 Å². The molecule has 7 nitrogen and oxygen atoms in total. The summed E-state index contributed by atoms with van der Waals surface area (Å²) >= 11 is 12.5. The Morgan fingerprint density at radius 1 is 1.09 bits per heavy atom. The maximum atomic E-state index is 11.2. The molecule has 2 aromatic rings. The first-order valence-corrected chi connectivity index (χ1v) is 12.6. The van der Waals surface area contributed by atoms with Crippen molar-refractivity contribution in [3.63, 3.8) is 0 Å². The summed E-state index contributed by atoms with van der Waals surface area (Å²) < 4.78 is 11.1. The van der Waals surface area contributed by atoms with E-state index >= 15 is 0 Å². The van der Waals surface area contributed by atoms with E-state index in [1.165, 1.54) is 6.92 Å². The number of benzene rings is 2. The molecule has 35 heavy (non-hydrogen) atoms. The van der Waals surface area contributed by atoms with Crippen LogP contribution in [0.3, 0.4) is 0 Å². The Hall–Kier alpha value is -2.45. The van der Waals surface area contributed by atoms with Crippen LogP contribution in [0, 0.1) is 0 Å². The summed E-state index contributed by atoms with van der Waals surface area (Å²) in [7, 11) is 0. The summed E-state index contributed by atoms with van der Waals surface area (Å²) in [5.74, 6) is 0.335. The lowest BCUT2D eigenvalue weighted by Crippen LogP contribution is -2.46. The Bertz CT molecular complexity index is 1060. The molecule has 1 saturated heterocycles. The smallest absolute Gasteiger partial charge is 0.304 e. The number of carbonyl (C=O) groups excluding carboxylic acids is 1. The minimum atomic E-state index is -0.854. The van der Waals surface area contributed by atoms with E-state index in [0.717, 1.165) is 68.3 Å². The van der Waals surface area contributed by atoms with Crippen LogP contribution in [0.2, 0.25) is 10.0 Å². The van der Waals surface area contributed by atoms with Gasteiger partial charge in [-0.1, -0.05) is 35.3 Å². The Morgan fingerprint density at radius 2 is 1.89 bits per heavy atom. The SMILES string of the molecule is CC(=O)OCN1c2cc(OCCCCN3CCN(c4cccc(Cl)c4Cl)CC3)ccc2C=CC1O. The van der Waals surface area contributed by atoms with Gasteiger partial charge in [-0.05, 0) is 55.3 Å². The fourth-order valence-electron chi connectivity index (χ4n) is 4.32. The van der Waals surface area contributed by atoms with E-state index in [1.807, 2.05) is 42.5 Å². The molecule has 0 amide bonds. The number of ether oxygens (including phenoxy) is 2. The van der Waals surface area contributed by atoms with Gasteiger partial charge in [-0.2, -0.15) is 0 Å². The van der Waals surface area contributed by atoms with Crippen LogP contribution in [-0.2, 0) is 9.53 Å². The number of anilines is 2. The van der Waals surface area contributed by atoms with Crippen molar-refractivity contribution in [2.24, 2.45) is 0 Å². The number of hydrogen-bond acceptors (Lipinski definition) is 7.